The molecule has 0 atom stereocenters. The Morgan fingerprint density at radius 1 is 0.600 bits per heavy atom. The molecule has 0 aromatic heterocycles. The van der Waals surface area contributed by atoms with Crippen molar-refractivity contribution in [3.8, 4) is 0 Å². The van der Waals surface area contributed by atoms with Gasteiger partial charge in [0.2, 0.25) is 0 Å². The summed E-state index contributed by atoms with van der Waals surface area (Å²) in [5.41, 5.74) is 0. The normalized spacial score (nSPS) is 10.9. The van der Waals surface area contributed by atoms with E-state index in [-0.39, 0.29) is 0 Å². The van der Waals surface area contributed by atoms with Crippen LogP contribution in [0.3, 0.4) is 0 Å². The van der Waals surface area contributed by atoms with Crippen molar-refractivity contribution in [1.82, 2.24) is 0 Å². The van der Waals surface area contributed by atoms with Crippen molar-refractivity contribution in [2.75, 3.05) is 0 Å². The first-order chi connectivity index (χ1) is 7.36. The van der Waals surface area contributed by atoms with Crippen LogP contribution in [0.25, 0.3) is 21.5 Å². The molecule has 0 aliphatic heterocycles. The Labute approximate surface area is 96.7 Å². The molecule has 0 amide bonds. The van der Waals surface area contributed by atoms with Gasteiger partial charge in [0.1, 0.15) is 0 Å². The summed E-state index contributed by atoms with van der Waals surface area (Å²) in [5.74, 6) is 0. The second kappa shape index (κ2) is 3.37. The molecule has 0 nitrogen and oxygen atoms in total. The number of benzene rings is 3. The van der Waals surface area contributed by atoms with Crippen LogP contribution in [0.4, 0.5) is 0 Å². The summed E-state index contributed by atoms with van der Waals surface area (Å²) in [6, 6.07) is 19.3. The van der Waals surface area contributed by atoms with Crippen molar-refractivity contribution in [3.05, 3.63) is 54.6 Å². The molecule has 0 N–H and O–H groups in total. The van der Waals surface area contributed by atoms with Crippen LogP contribution in [0.1, 0.15) is 0 Å². The molecule has 0 aliphatic carbocycles. The SMILES string of the molecule is [Se]c1cccc2c1ccc1ccccc12. The third-order valence-electron chi connectivity index (χ3n) is 2.75. The molecule has 1 radical (unpaired) electrons. The standard InChI is InChI=1S/C14H9Se/c15-14-7-3-6-12-11-5-2-1-4-10(11)8-9-13(12)14/h1-9H. The Bertz CT molecular complexity index is 641. The molecule has 3 aromatic carbocycles. The number of fused-ring (bicyclic) bond motifs is 3. The summed E-state index contributed by atoms with van der Waals surface area (Å²) in [6.45, 7) is 0. The molecular formula is C14H9Se. The van der Waals surface area contributed by atoms with E-state index >= 15 is 0 Å². The molecule has 3 rings (SSSR count). The van der Waals surface area contributed by atoms with E-state index in [1.54, 1.807) is 0 Å². The predicted molar refractivity (Wildman–Crippen MR) is 66.8 cm³/mol. The number of hydrogen-bond acceptors (Lipinski definition) is 0. The van der Waals surface area contributed by atoms with Gasteiger partial charge in [-0.15, -0.1) is 0 Å². The van der Waals surface area contributed by atoms with Gasteiger partial charge in [0.05, 0.1) is 0 Å². The van der Waals surface area contributed by atoms with Gasteiger partial charge in [0.25, 0.3) is 0 Å². The number of hydrogen-bond donors (Lipinski definition) is 0. The Kier molecular flexibility index (Phi) is 2.02. The van der Waals surface area contributed by atoms with Crippen LogP contribution >= 0.6 is 0 Å². The van der Waals surface area contributed by atoms with Gasteiger partial charge < -0.3 is 0 Å². The van der Waals surface area contributed by atoms with E-state index in [0.717, 1.165) is 0 Å². The van der Waals surface area contributed by atoms with Gasteiger partial charge >= 0.3 is 96.6 Å². The fourth-order valence-corrected chi connectivity index (χ4v) is 2.55. The van der Waals surface area contributed by atoms with Gasteiger partial charge in [0.15, 0.2) is 0 Å². The topological polar surface area (TPSA) is 0 Å². The Morgan fingerprint density at radius 3 is 2.33 bits per heavy atom. The second-order valence-corrected chi connectivity index (χ2v) is 4.56. The summed E-state index contributed by atoms with van der Waals surface area (Å²) < 4.78 is 1.22. The molecule has 0 unspecified atom stereocenters. The molecule has 1 heteroatoms. The molecule has 0 spiro atoms. The van der Waals surface area contributed by atoms with E-state index in [2.05, 4.69) is 70.6 Å². The van der Waals surface area contributed by atoms with E-state index in [1.165, 1.54) is 26.0 Å². The van der Waals surface area contributed by atoms with E-state index < -0.39 is 0 Å². The average Bonchev–Trinajstić information content (AvgIpc) is 2.29. The molecule has 15 heavy (non-hydrogen) atoms. The van der Waals surface area contributed by atoms with E-state index in [1.807, 2.05) is 0 Å². The van der Waals surface area contributed by atoms with Gasteiger partial charge in [0, 0.05) is 0 Å². The van der Waals surface area contributed by atoms with Gasteiger partial charge in [-0.2, -0.15) is 0 Å². The molecule has 0 heterocycles. The first-order valence-electron chi connectivity index (χ1n) is 4.94. The van der Waals surface area contributed by atoms with Crippen molar-refractivity contribution >= 4 is 42.0 Å². The van der Waals surface area contributed by atoms with Gasteiger partial charge in [-0.05, 0) is 0 Å². The second-order valence-electron chi connectivity index (χ2n) is 3.64. The minimum atomic E-state index is 1.22. The summed E-state index contributed by atoms with van der Waals surface area (Å²) >= 11 is 3.11. The summed E-state index contributed by atoms with van der Waals surface area (Å²) in [5, 5.41) is 5.25. The van der Waals surface area contributed by atoms with Crippen molar-refractivity contribution in [2.45, 2.75) is 0 Å². The number of rotatable bonds is 0. The summed E-state index contributed by atoms with van der Waals surface area (Å²) in [6.07, 6.45) is 0. The molecule has 0 saturated carbocycles. The van der Waals surface area contributed by atoms with Crippen LogP contribution < -0.4 is 4.46 Å². The van der Waals surface area contributed by atoms with Crippen molar-refractivity contribution in [1.29, 1.82) is 0 Å². The average molecular weight is 256 g/mol. The fraction of sp³-hybridized carbons (Fsp3) is 0. The molecular weight excluding hydrogens is 247 g/mol. The molecule has 0 bridgehead atoms. The van der Waals surface area contributed by atoms with Crippen LogP contribution in [0.2, 0.25) is 0 Å². The quantitative estimate of drug-likeness (QED) is 0.428. The van der Waals surface area contributed by atoms with Crippen molar-refractivity contribution in [2.24, 2.45) is 0 Å². The molecule has 0 aliphatic rings. The van der Waals surface area contributed by atoms with Crippen LogP contribution in [-0.2, 0) is 0 Å². The van der Waals surface area contributed by atoms with E-state index in [4.69, 9.17) is 0 Å². The van der Waals surface area contributed by atoms with E-state index in [0.29, 0.717) is 0 Å². The van der Waals surface area contributed by atoms with Crippen LogP contribution in [-0.4, -0.2) is 16.0 Å². The Hall–Kier alpha value is -1.30. The van der Waals surface area contributed by atoms with E-state index in [9.17, 15) is 0 Å². The third kappa shape index (κ3) is 1.36. The van der Waals surface area contributed by atoms with Gasteiger partial charge in [-0.3, -0.25) is 0 Å². The van der Waals surface area contributed by atoms with Crippen LogP contribution in [0.5, 0.6) is 0 Å². The molecule has 0 saturated heterocycles. The Balaban J connectivity index is 2.60. The molecule has 3 aromatic rings. The third-order valence-corrected chi connectivity index (χ3v) is 3.49. The Morgan fingerprint density at radius 2 is 1.40 bits per heavy atom. The maximum atomic E-state index is 3.11. The summed E-state index contributed by atoms with van der Waals surface area (Å²) in [4.78, 5) is 0. The minimum absolute atomic E-state index is 1.22. The zero-order chi connectivity index (χ0) is 10.3. The maximum absolute atomic E-state index is 3.11. The zero-order valence-electron chi connectivity index (χ0n) is 8.10. The van der Waals surface area contributed by atoms with Gasteiger partial charge in [-0.25, -0.2) is 0 Å². The van der Waals surface area contributed by atoms with Crippen molar-refractivity contribution in [3.63, 3.8) is 0 Å². The van der Waals surface area contributed by atoms with Crippen LogP contribution in [0, 0.1) is 0 Å². The predicted octanol–water partition coefficient (Wildman–Crippen LogP) is 2.79. The first kappa shape index (κ1) is 8.96. The monoisotopic (exact) mass is 257 g/mol. The first-order valence-corrected chi connectivity index (χ1v) is 5.79. The fourth-order valence-electron chi connectivity index (χ4n) is 2.01. The molecule has 71 valence electrons. The van der Waals surface area contributed by atoms with Gasteiger partial charge in [-0.1, -0.05) is 0 Å². The van der Waals surface area contributed by atoms with Crippen molar-refractivity contribution < 1.29 is 0 Å². The summed E-state index contributed by atoms with van der Waals surface area (Å²) in [7, 11) is 0. The molecule has 0 fully saturated rings. The zero-order valence-corrected chi connectivity index (χ0v) is 9.82. The van der Waals surface area contributed by atoms with Crippen LogP contribution in [0.15, 0.2) is 54.6 Å².